The number of amides is 1. The Morgan fingerprint density at radius 1 is 1.36 bits per heavy atom. The topological polar surface area (TPSA) is 118 Å². The number of fused-ring (bicyclic) bond motifs is 1. The third kappa shape index (κ3) is 1.65. The number of nitrogens with zero attached hydrogens (tertiary/aromatic N) is 3. The second-order valence-corrected chi connectivity index (χ2v) is 8.25. The van der Waals surface area contributed by atoms with Gasteiger partial charge < -0.3 is 10.0 Å². The maximum Gasteiger partial charge on any atom is 0.328 e. The lowest BCUT2D eigenvalue weighted by molar-refractivity contribution is -0.152. The van der Waals surface area contributed by atoms with E-state index < -0.39 is 37.9 Å². The number of rotatable bonds is 2. The van der Waals surface area contributed by atoms with E-state index in [-0.39, 0.29) is 11.4 Å². The minimum atomic E-state index is -3.86. The van der Waals surface area contributed by atoms with Crippen LogP contribution in [-0.2, 0) is 19.4 Å². The second kappa shape index (κ2) is 4.35. The molecule has 2 aliphatic heterocycles. The van der Waals surface area contributed by atoms with Gasteiger partial charge in [0.05, 0.1) is 5.57 Å². The largest absolute Gasteiger partial charge is 0.480 e. The van der Waals surface area contributed by atoms with Gasteiger partial charge >= 0.3 is 5.97 Å². The Labute approximate surface area is 126 Å². The molecule has 1 aromatic rings. The fourth-order valence-electron chi connectivity index (χ4n) is 2.87. The number of carbonyl (C=O) groups is 2. The molecule has 22 heavy (non-hydrogen) atoms. The summed E-state index contributed by atoms with van der Waals surface area (Å²) in [4.78, 5) is 32.4. The number of carbonyl (C=O) groups excluding carboxylic acids is 1. The molecule has 3 heterocycles. The van der Waals surface area contributed by atoms with Gasteiger partial charge in [0.25, 0.3) is 5.91 Å². The minimum absolute atomic E-state index is 0.00280. The predicted molar refractivity (Wildman–Crippen MR) is 75.1 cm³/mol. The fourth-order valence-corrected chi connectivity index (χ4v) is 4.99. The molecule has 0 bridgehead atoms. The van der Waals surface area contributed by atoms with Gasteiger partial charge in [0.1, 0.15) is 4.75 Å². The SMILES string of the molecule is CC1(C)[C@H](C(=O)O)N2C(=O)/C(=C\c3ncccn3)[C@H]2S1(=O)=O. The predicted octanol–water partition coefficient (Wildman–Crippen LogP) is -0.311. The first-order valence-electron chi connectivity index (χ1n) is 6.47. The summed E-state index contributed by atoms with van der Waals surface area (Å²) >= 11 is 0. The number of carboxylic acid groups (broad SMARTS) is 1. The number of hydrogen-bond donors (Lipinski definition) is 1. The van der Waals surface area contributed by atoms with E-state index in [2.05, 4.69) is 9.97 Å². The van der Waals surface area contributed by atoms with Gasteiger partial charge in [-0.2, -0.15) is 0 Å². The lowest BCUT2D eigenvalue weighted by Gasteiger charge is -2.37. The van der Waals surface area contributed by atoms with E-state index in [1.54, 1.807) is 6.07 Å². The molecule has 9 heteroatoms. The molecule has 0 radical (unpaired) electrons. The molecule has 116 valence electrons. The summed E-state index contributed by atoms with van der Waals surface area (Å²) < 4.78 is 23.6. The van der Waals surface area contributed by atoms with Crippen molar-refractivity contribution in [2.75, 3.05) is 0 Å². The first-order chi connectivity index (χ1) is 10.2. The van der Waals surface area contributed by atoms with Crippen LogP contribution in [0.3, 0.4) is 0 Å². The summed E-state index contributed by atoms with van der Waals surface area (Å²) in [6.45, 7) is 2.65. The Morgan fingerprint density at radius 3 is 2.50 bits per heavy atom. The minimum Gasteiger partial charge on any atom is -0.480 e. The summed E-state index contributed by atoms with van der Waals surface area (Å²) in [7, 11) is -3.86. The van der Waals surface area contributed by atoms with Crippen LogP contribution in [0, 0.1) is 0 Å². The van der Waals surface area contributed by atoms with Crippen LogP contribution in [0.1, 0.15) is 19.7 Å². The molecule has 2 aliphatic rings. The van der Waals surface area contributed by atoms with E-state index in [0.29, 0.717) is 0 Å². The van der Waals surface area contributed by atoms with E-state index in [1.165, 1.54) is 32.3 Å². The Hall–Kier alpha value is -2.29. The number of hydrogen-bond acceptors (Lipinski definition) is 6. The summed E-state index contributed by atoms with van der Waals surface area (Å²) in [5, 5.41) is 8.04. The van der Waals surface area contributed by atoms with Crippen LogP contribution in [0.5, 0.6) is 0 Å². The summed E-state index contributed by atoms with van der Waals surface area (Å²) in [6.07, 6.45) is 4.22. The van der Waals surface area contributed by atoms with Gasteiger partial charge in [-0.05, 0) is 26.0 Å². The normalized spacial score (nSPS) is 30.0. The first kappa shape index (κ1) is 14.6. The zero-order valence-electron chi connectivity index (χ0n) is 11.8. The summed E-state index contributed by atoms with van der Waals surface area (Å²) in [5.41, 5.74) is 0.00280. The number of aromatic nitrogens is 2. The van der Waals surface area contributed by atoms with Gasteiger partial charge in [-0.25, -0.2) is 23.2 Å². The second-order valence-electron chi connectivity index (χ2n) is 5.66. The van der Waals surface area contributed by atoms with Crippen molar-refractivity contribution in [1.82, 2.24) is 14.9 Å². The monoisotopic (exact) mass is 323 g/mol. The van der Waals surface area contributed by atoms with E-state index in [9.17, 15) is 23.1 Å². The molecule has 1 N–H and O–H groups in total. The van der Waals surface area contributed by atoms with E-state index in [0.717, 1.165) is 4.90 Å². The van der Waals surface area contributed by atoms with Crippen molar-refractivity contribution in [3.63, 3.8) is 0 Å². The van der Waals surface area contributed by atoms with Gasteiger partial charge in [-0.15, -0.1) is 0 Å². The van der Waals surface area contributed by atoms with E-state index in [1.807, 2.05) is 0 Å². The fraction of sp³-hybridized carbons (Fsp3) is 0.385. The molecule has 0 unspecified atom stereocenters. The highest BCUT2D eigenvalue weighted by Gasteiger charge is 2.70. The Kier molecular flexibility index (Phi) is 2.90. The Morgan fingerprint density at radius 2 is 1.95 bits per heavy atom. The van der Waals surface area contributed by atoms with Crippen molar-refractivity contribution < 1.29 is 23.1 Å². The molecule has 0 aromatic carbocycles. The van der Waals surface area contributed by atoms with Crippen LogP contribution < -0.4 is 0 Å². The van der Waals surface area contributed by atoms with Crippen LogP contribution in [0.4, 0.5) is 0 Å². The quantitative estimate of drug-likeness (QED) is 0.586. The Balaban J connectivity index is 2.11. The van der Waals surface area contributed by atoms with Crippen molar-refractivity contribution >= 4 is 27.8 Å². The number of sulfone groups is 1. The third-order valence-electron chi connectivity index (χ3n) is 4.07. The van der Waals surface area contributed by atoms with Gasteiger partial charge in [-0.1, -0.05) is 0 Å². The molecule has 0 spiro atoms. The number of aliphatic carboxylic acids is 1. The highest BCUT2D eigenvalue weighted by molar-refractivity contribution is 7.94. The molecule has 2 saturated heterocycles. The van der Waals surface area contributed by atoms with Crippen molar-refractivity contribution in [3.05, 3.63) is 29.9 Å². The van der Waals surface area contributed by atoms with Gasteiger partial charge in [0.15, 0.2) is 27.1 Å². The zero-order valence-corrected chi connectivity index (χ0v) is 12.6. The number of β-lactam (4-membered cyclic amide) rings is 1. The summed E-state index contributed by atoms with van der Waals surface area (Å²) in [5.74, 6) is -1.74. The molecule has 1 amide bonds. The van der Waals surface area contributed by atoms with Gasteiger partial charge in [0.2, 0.25) is 0 Å². The first-order valence-corrected chi connectivity index (χ1v) is 8.01. The van der Waals surface area contributed by atoms with Crippen LogP contribution in [-0.4, -0.2) is 56.4 Å². The van der Waals surface area contributed by atoms with Crippen LogP contribution >= 0.6 is 0 Å². The van der Waals surface area contributed by atoms with Crippen LogP contribution in [0.25, 0.3) is 6.08 Å². The van der Waals surface area contributed by atoms with Crippen molar-refractivity contribution in [1.29, 1.82) is 0 Å². The molecule has 8 nitrogen and oxygen atoms in total. The zero-order chi connectivity index (χ0) is 16.3. The molecule has 1 aromatic heterocycles. The van der Waals surface area contributed by atoms with Crippen LogP contribution in [0.15, 0.2) is 24.0 Å². The van der Waals surface area contributed by atoms with Crippen molar-refractivity contribution in [2.45, 2.75) is 30.0 Å². The van der Waals surface area contributed by atoms with Gasteiger partial charge in [-0.3, -0.25) is 4.79 Å². The molecule has 2 fully saturated rings. The third-order valence-corrected chi connectivity index (χ3v) is 6.83. The molecule has 3 rings (SSSR count). The van der Waals surface area contributed by atoms with E-state index in [4.69, 9.17) is 0 Å². The maximum atomic E-state index is 12.6. The Bertz CT molecular complexity index is 800. The molecule has 0 saturated carbocycles. The highest BCUT2D eigenvalue weighted by atomic mass is 32.2. The number of carboxylic acids is 1. The van der Waals surface area contributed by atoms with Crippen LogP contribution in [0.2, 0.25) is 0 Å². The summed E-state index contributed by atoms with van der Waals surface area (Å²) in [6, 6.07) is 0.191. The average Bonchev–Trinajstić information content (AvgIpc) is 2.59. The van der Waals surface area contributed by atoms with Gasteiger partial charge in [0, 0.05) is 12.4 Å². The van der Waals surface area contributed by atoms with E-state index >= 15 is 0 Å². The highest BCUT2D eigenvalue weighted by Crippen LogP contribution is 2.48. The molecule has 0 aliphatic carbocycles. The standard InChI is InChI=1S/C13H13N3O5S/c1-13(2)9(12(18)19)16-10(17)7(11(16)22(13,20)21)6-8-14-4-3-5-15-8/h3-6,9,11H,1-2H3,(H,18,19)/b7-6+/t9-,11+/m0/s1. The lowest BCUT2D eigenvalue weighted by Crippen LogP contribution is -2.58. The van der Waals surface area contributed by atoms with Crippen molar-refractivity contribution in [2.24, 2.45) is 0 Å². The molecule has 2 atom stereocenters. The molecular formula is C13H13N3O5S. The maximum absolute atomic E-state index is 12.6. The molecular weight excluding hydrogens is 310 g/mol. The average molecular weight is 323 g/mol. The lowest BCUT2D eigenvalue weighted by atomic mass is 9.95. The smallest absolute Gasteiger partial charge is 0.328 e. The van der Waals surface area contributed by atoms with Crippen molar-refractivity contribution in [3.8, 4) is 0 Å².